The number of nitrogens with two attached hydrogens (primary N) is 2. The molecule has 2 atom stereocenters. The molecule has 1 aliphatic rings. The van der Waals surface area contributed by atoms with E-state index in [1.54, 1.807) is 18.5 Å². The molecular weight excluding hydrogens is 413 g/mol. The van der Waals surface area contributed by atoms with Crippen molar-refractivity contribution in [3.05, 3.63) is 47.3 Å². The van der Waals surface area contributed by atoms with E-state index >= 15 is 0 Å². The lowest BCUT2D eigenvalue weighted by Gasteiger charge is -2.30. The average Bonchev–Trinajstić information content (AvgIpc) is 3.10. The van der Waals surface area contributed by atoms with Crippen molar-refractivity contribution in [1.29, 1.82) is 0 Å². The smallest absolute Gasteiger partial charge is 0.252 e. The molecule has 0 saturated heterocycles. The minimum Gasteiger partial charge on any atom is -0.365 e. The molecule has 0 unspecified atom stereocenters. The maximum atomic E-state index is 14.7. The monoisotopic (exact) mass is 439 g/mol. The van der Waals surface area contributed by atoms with Gasteiger partial charge in [-0.2, -0.15) is 10.2 Å². The number of carbonyl (C=O) groups is 1. The number of hydrogen-bond donors (Lipinski definition) is 4. The predicted octanol–water partition coefficient (Wildman–Crippen LogP) is 2.34. The summed E-state index contributed by atoms with van der Waals surface area (Å²) in [6, 6.07) is 2.63. The van der Waals surface area contributed by atoms with Crippen LogP contribution in [0, 0.1) is 19.7 Å². The molecule has 1 saturated carbocycles. The SMILES string of the molecule is Cc1nn(-c2cncc(Nc3nc(N[C@H]4CCCC[C@H]4N)c(F)cc3C(N)=O)c2)nc1C. The summed E-state index contributed by atoms with van der Waals surface area (Å²) < 4.78 is 14.7. The Morgan fingerprint density at radius 3 is 2.53 bits per heavy atom. The number of amides is 1. The Kier molecular flexibility index (Phi) is 5.99. The second-order valence-corrected chi connectivity index (χ2v) is 8.00. The van der Waals surface area contributed by atoms with Gasteiger partial charge in [0.05, 0.1) is 35.0 Å². The Labute approximate surface area is 184 Å². The van der Waals surface area contributed by atoms with E-state index in [0.29, 0.717) is 11.4 Å². The van der Waals surface area contributed by atoms with Crippen LogP contribution in [-0.4, -0.2) is 43.0 Å². The molecule has 168 valence electrons. The molecule has 4 rings (SSSR count). The van der Waals surface area contributed by atoms with Gasteiger partial charge in [0.15, 0.2) is 11.6 Å². The van der Waals surface area contributed by atoms with Crippen LogP contribution in [0.1, 0.15) is 47.4 Å². The van der Waals surface area contributed by atoms with Gasteiger partial charge >= 0.3 is 0 Å². The number of carbonyl (C=O) groups excluding carboxylic acids is 1. The van der Waals surface area contributed by atoms with Gasteiger partial charge in [-0.05, 0) is 38.8 Å². The minimum absolute atomic E-state index is 0.0176. The minimum atomic E-state index is -0.802. The van der Waals surface area contributed by atoms with Gasteiger partial charge in [0.1, 0.15) is 11.5 Å². The summed E-state index contributed by atoms with van der Waals surface area (Å²) in [4.78, 5) is 21.9. The summed E-state index contributed by atoms with van der Waals surface area (Å²) in [5, 5.41) is 14.8. The van der Waals surface area contributed by atoms with Crippen LogP contribution in [0.5, 0.6) is 0 Å². The van der Waals surface area contributed by atoms with Gasteiger partial charge in [-0.25, -0.2) is 9.37 Å². The van der Waals surface area contributed by atoms with Crippen molar-refractivity contribution < 1.29 is 9.18 Å². The highest BCUT2D eigenvalue weighted by molar-refractivity contribution is 5.98. The molecule has 0 radical (unpaired) electrons. The number of nitrogens with one attached hydrogen (secondary N) is 2. The third-order valence-electron chi connectivity index (χ3n) is 5.61. The number of anilines is 3. The van der Waals surface area contributed by atoms with Crippen LogP contribution in [-0.2, 0) is 0 Å². The van der Waals surface area contributed by atoms with E-state index in [4.69, 9.17) is 11.5 Å². The molecule has 1 amide bonds. The van der Waals surface area contributed by atoms with Crippen LogP contribution < -0.4 is 22.1 Å². The van der Waals surface area contributed by atoms with Crippen molar-refractivity contribution in [2.24, 2.45) is 11.5 Å². The van der Waals surface area contributed by atoms with Crippen LogP contribution in [0.4, 0.5) is 21.7 Å². The quantitative estimate of drug-likeness (QED) is 0.457. The molecule has 32 heavy (non-hydrogen) atoms. The highest BCUT2D eigenvalue weighted by Gasteiger charge is 2.24. The Morgan fingerprint density at radius 2 is 1.84 bits per heavy atom. The molecule has 0 aliphatic heterocycles. The first-order valence-corrected chi connectivity index (χ1v) is 10.5. The lowest BCUT2D eigenvalue weighted by atomic mass is 9.91. The van der Waals surface area contributed by atoms with E-state index in [1.165, 1.54) is 4.80 Å². The van der Waals surface area contributed by atoms with Crippen molar-refractivity contribution in [2.75, 3.05) is 10.6 Å². The molecule has 1 aliphatic carbocycles. The average molecular weight is 439 g/mol. The molecule has 3 aromatic rings. The van der Waals surface area contributed by atoms with Gasteiger partial charge in [0.2, 0.25) is 0 Å². The fourth-order valence-corrected chi connectivity index (χ4v) is 3.70. The number of hydrogen-bond acceptors (Lipinski definition) is 8. The zero-order valence-corrected chi connectivity index (χ0v) is 18.0. The molecule has 6 N–H and O–H groups in total. The Morgan fingerprint density at radius 1 is 1.12 bits per heavy atom. The van der Waals surface area contributed by atoms with Gasteiger partial charge in [0.25, 0.3) is 5.91 Å². The number of aryl methyl sites for hydroxylation is 2. The molecule has 0 aromatic carbocycles. The van der Waals surface area contributed by atoms with Crippen molar-refractivity contribution >= 4 is 23.2 Å². The highest BCUT2D eigenvalue weighted by Crippen LogP contribution is 2.27. The highest BCUT2D eigenvalue weighted by atomic mass is 19.1. The van der Waals surface area contributed by atoms with E-state index in [1.807, 2.05) is 13.8 Å². The first-order valence-electron chi connectivity index (χ1n) is 10.5. The molecule has 1 fully saturated rings. The third-order valence-corrected chi connectivity index (χ3v) is 5.61. The zero-order chi connectivity index (χ0) is 22.8. The van der Waals surface area contributed by atoms with Gasteiger partial charge in [-0.15, -0.1) is 4.80 Å². The van der Waals surface area contributed by atoms with Gasteiger partial charge in [-0.1, -0.05) is 12.8 Å². The van der Waals surface area contributed by atoms with E-state index < -0.39 is 11.7 Å². The van der Waals surface area contributed by atoms with Crippen LogP contribution in [0.3, 0.4) is 0 Å². The number of pyridine rings is 2. The summed E-state index contributed by atoms with van der Waals surface area (Å²) in [5.74, 6) is -1.33. The number of nitrogens with zero attached hydrogens (tertiary/aromatic N) is 5. The van der Waals surface area contributed by atoms with E-state index in [0.717, 1.165) is 43.1 Å². The topological polar surface area (TPSA) is 150 Å². The number of aromatic nitrogens is 5. The number of primary amides is 1. The molecule has 3 heterocycles. The van der Waals surface area contributed by atoms with Crippen molar-refractivity contribution in [3.8, 4) is 5.69 Å². The van der Waals surface area contributed by atoms with Crippen molar-refractivity contribution in [1.82, 2.24) is 25.0 Å². The largest absolute Gasteiger partial charge is 0.365 e. The molecule has 3 aromatic heterocycles. The van der Waals surface area contributed by atoms with Crippen molar-refractivity contribution in [3.63, 3.8) is 0 Å². The summed E-state index contributed by atoms with van der Waals surface area (Å²) in [6.07, 6.45) is 6.90. The lowest BCUT2D eigenvalue weighted by molar-refractivity contribution is 0.100. The van der Waals surface area contributed by atoms with Crippen LogP contribution >= 0.6 is 0 Å². The maximum absolute atomic E-state index is 14.7. The molecule has 0 spiro atoms. The second-order valence-electron chi connectivity index (χ2n) is 8.00. The zero-order valence-electron chi connectivity index (χ0n) is 18.0. The fourth-order valence-electron chi connectivity index (χ4n) is 3.70. The number of rotatable bonds is 6. The molecule has 10 nitrogen and oxygen atoms in total. The lowest BCUT2D eigenvalue weighted by Crippen LogP contribution is -2.43. The second kappa shape index (κ2) is 8.87. The fraction of sp³-hybridized carbons (Fsp3) is 0.381. The summed E-state index contributed by atoms with van der Waals surface area (Å²) in [5.41, 5.74) is 14.3. The first-order chi connectivity index (χ1) is 15.3. The van der Waals surface area contributed by atoms with Gasteiger partial charge in [0, 0.05) is 12.1 Å². The van der Waals surface area contributed by atoms with Crippen LogP contribution in [0.15, 0.2) is 24.5 Å². The molecule has 0 bridgehead atoms. The number of halogens is 1. The normalized spacial score (nSPS) is 18.4. The van der Waals surface area contributed by atoms with Gasteiger partial charge in [-0.3, -0.25) is 9.78 Å². The third kappa shape index (κ3) is 4.52. The predicted molar refractivity (Wildman–Crippen MR) is 118 cm³/mol. The first kappa shape index (κ1) is 21.6. The van der Waals surface area contributed by atoms with Crippen LogP contribution in [0.25, 0.3) is 5.69 Å². The summed E-state index contributed by atoms with van der Waals surface area (Å²) >= 11 is 0. The maximum Gasteiger partial charge on any atom is 0.252 e. The van der Waals surface area contributed by atoms with E-state index in [-0.39, 0.29) is 29.3 Å². The van der Waals surface area contributed by atoms with Crippen molar-refractivity contribution in [2.45, 2.75) is 51.6 Å². The van der Waals surface area contributed by atoms with Gasteiger partial charge < -0.3 is 22.1 Å². The Hall–Kier alpha value is -3.60. The Balaban J connectivity index is 1.65. The molecular formula is C21H26FN9O. The van der Waals surface area contributed by atoms with Crippen LogP contribution in [0.2, 0.25) is 0 Å². The summed E-state index contributed by atoms with van der Waals surface area (Å²) in [6.45, 7) is 3.73. The standard InChI is InChI=1S/C21H26FN9O/c1-11-12(2)30-31(29-11)14-7-13(9-25-10-14)26-20-15(19(24)32)8-16(22)21(28-20)27-18-6-4-3-5-17(18)23/h7-10,17-18H,3-6,23H2,1-2H3,(H2,24,32)(H2,26,27,28)/t17-,18+/m1/s1. The molecule has 11 heteroatoms. The van der Waals surface area contributed by atoms with E-state index in [2.05, 4.69) is 30.8 Å². The van der Waals surface area contributed by atoms with E-state index in [9.17, 15) is 9.18 Å². The summed E-state index contributed by atoms with van der Waals surface area (Å²) in [7, 11) is 0. The Bertz CT molecular complexity index is 1130.